The summed E-state index contributed by atoms with van der Waals surface area (Å²) < 4.78 is 0. The van der Waals surface area contributed by atoms with Gasteiger partial charge in [0.1, 0.15) is 0 Å². The lowest BCUT2D eigenvalue weighted by atomic mass is 9.74. The van der Waals surface area contributed by atoms with Crippen molar-refractivity contribution in [2.45, 2.75) is 39.2 Å². The van der Waals surface area contributed by atoms with E-state index >= 15 is 0 Å². The Labute approximate surface area is 148 Å². The molecule has 0 saturated carbocycles. The van der Waals surface area contributed by atoms with Crippen molar-refractivity contribution in [1.29, 1.82) is 0 Å². The number of hydrogen-bond donors (Lipinski definition) is 3. The molecule has 1 aromatic carbocycles. The van der Waals surface area contributed by atoms with Crippen LogP contribution in [0.15, 0.2) is 18.2 Å². The van der Waals surface area contributed by atoms with Gasteiger partial charge in [0, 0.05) is 29.2 Å². The molecule has 0 bridgehead atoms. The molecule has 134 valence electrons. The van der Waals surface area contributed by atoms with Crippen molar-refractivity contribution in [1.82, 2.24) is 4.90 Å². The Morgan fingerprint density at radius 2 is 2.25 bits per heavy atom. The van der Waals surface area contributed by atoms with Crippen molar-refractivity contribution in [2.24, 2.45) is 5.41 Å². The summed E-state index contributed by atoms with van der Waals surface area (Å²) in [5, 5.41) is 23.6. The quantitative estimate of drug-likeness (QED) is 0.733. The monoisotopic (exact) mass is 354 g/mol. The number of aliphatic hydroxyl groups is 2. The molecule has 0 aromatic heterocycles. The van der Waals surface area contributed by atoms with Gasteiger partial charge >= 0.3 is 0 Å². The number of benzene rings is 1. The molecular formula is C18H27ClN2O3. The van der Waals surface area contributed by atoms with E-state index in [4.69, 9.17) is 11.6 Å². The molecule has 0 radical (unpaired) electrons. The fourth-order valence-electron chi connectivity index (χ4n) is 3.48. The van der Waals surface area contributed by atoms with E-state index in [2.05, 4.69) is 5.32 Å². The van der Waals surface area contributed by atoms with Gasteiger partial charge in [-0.1, -0.05) is 24.9 Å². The van der Waals surface area contributed by atoms with Crippen molar-refractivity contribution < 1.29 is 15.0 Å². The van der Waals surface area contributed by atoms with Gasteiger partial charge in [-0.25, -0.2) is 0 Å². The van der Waals surface area contributed by atoms with E-state index in [9.17, 15) is 15.0 Å². The van der Waals surface area contributed by atoms with Crippen LogP contribution in [0.5, 0.6) is 0 Å². The molecule has 1 aliphatic rings. The number of amides is 1. The molecule has 6 heteroatoms. The maximum atomic E-state index is 12.3. The summed E-state index contributed by atoms with van der Waals surface area (Å²) in [5.41, 5.74) is 1.11. The highest BCUT2D eigenvalue weighted by atomic mass is 35.5. The Morgan fingerprint density at radius 3 is 2.88 bits per heavy atom. The number of nitrogens with zero attached hydrogens (tertiary/aromatic N) is 1. The van der Waals surface area contributed by atoms with Crippen LogP contribution in [0, 0.1) is 12.3 Å². The van der Waals surface area contributed by atoms with E-state index in [1.807, 2.05) is 24.8 Å². The van der Waals surface area contributed by atoms with Crippen molar-refractivity contribution in [3.63, 3.8) is 0 Å². The lowest BCUT2D eigenvalue weighted by Gasteiger charge is -2.45. The maximum absolute atomic E-state index is 12.3. The fraction of sp³-hybridized carbons (Fsp3) is 0.611. The van der Waals surface area contributed by atoms with Gasteiger partial charge in [0.05, 0.1) is 19.3 Å². The summed E-state index contributed by atoms with van der Waals surface area (Å²) in [4.78, 5) is 14.3. The van der Waals surface area contributed by atoms with E-state index in [1.165, 1.54) is 0 Å². The Kier molecular flexibility index (Phi) is 6.63. The first-order valence-corrected chi connectivity index (χ1v) is 8.85. The van der Waals surface area contributed by atoms with Crippen molar-refractivity contribution in [2.75, 3.05) is 31.6 Å². The Hall–Kier alpha value is -1.14. The second kappa shape index (κ2) is 8.30. The molecule has 2 rings (SSSR count). The van der Waals surface area contributed by atoms with Crippen molar-refractivity contribution >= 4 is 23.2 Å². The van der Waals surface area contributed by atoms with Crippen LogP contribution in [0.4, 0.5) is 5.69 Å². The molecule has 1 heterocycles. The van der Waals surface area contributed by atoms with Gasteiger partial charge < -0.3 is 15.5 Å². The summed E-state index contributed by atoms with van der Waals surface area (Å²) in [6.07, 6.45) is 1.70. The molecule has 1 saturated heterocycles. The Balaban J connectivity index is 1.97. The van der Waals surface area contributed by atoms with Crippen LogP contribution in [0.1, 0.15) is 31.7 Å². The second-order valence-corrected chi connectivity index (χ2v) is 7.20. The third kappa shape index (κ3) is 4.48. The van der Waals surface area contributed by atoms with Crippen LogP contribution >= 0.6 is 11.6 Å². The number of aryl methyl sites for hydroxylation is 1. The maximum Gasteiger partial charge on any atom is 0.238 e. The number of nitrogens with one attached hydrogen (secondary N) is 1. The molecular weight excluding hydrogens is 328 g/mol. The van der Waals surface area contributed by atoms with E-state index < -0.39 is 11.5 Å². The van der Waals surface area contributed by atoms with E-state index in [0.717, 1.165) is 24.1 Å². The van der Waals surface area contributed by atoms with Gasteiger partial charge in [0.2, 0.25) is 5.91 Å². The molecule has 1 fully saturated rings. The zero-order valence-corrected chi connectivity index (χ0v) is 15.1. The second-order valence-electron chi connectivity index (χ2n) is 6.80. The zero-order valence-electron chi connectivity index (χ0n) is 14.4. The van der Waals surface area contributed by atoms with Gasteiger partial charge in [-0.05, 0) is 43.5 Å². The lowest BCUT2D eigenvalue weighted by molar-refractivity contribution is -0.121. The Bertz CT molecular complexity index is 581. The van der Waals surface area contributed by atoms with E-state index in [1.54, 1.807) is 12.1 Å². The summed E-state index contributed by atoms with van der Waals surface area (Å²) in [5.74, 6) is -0.101. The first-order valence-electron chi connectivity index (χ1n) is 8.47. The minimum atomic E-state index is -0.524. The number of likely N-dealkylation sites (tertiary alicyclic amines) is 1. The van der Waals surface area contributed by atoms with E-state index in [-0.39, 0.29) is 19.1 Å². The molecule has 5 nitrogen and oxygen atoms in total. The standard InChI is InChI=1S/C18H27ClN2O3/c1-3-7-18(12-22)11-21(8-6-16(18)23)10-17(24)20-14-4-5-15(19)13(2)9-14/h4-5,9,16,22-23H,3,6-8,10-12H2,1-2H3,(H,20,24)/t16-,18-/m0/s1. The normalized spacial score (nSPS) is 24.8. The summed E-state index contributed by atoms with van der Waals surface area (Å²) in [6.45, 7) is 5.31. The highest BCUT2D eigenvalue weighted by molar-refractivity contribution is 6.31. The number of anilines is 1. The number of carbonyl (C=O) groups is 1. The van der Waals surface area contributed by atoms with Gasteiger partial charge in [-0.3, -0.25) is 9.69 Å². The van der Waals surface area contributed by atoms with Crippen LogP contribution < -0.4 is 5.32 Å². The molecule has 0 spiro atoms. The van der Waals surface area contributed by atoms with Crippen LogP contribution in [0.3, 0.4) is 0 Å². The SMILES string of the molecule is CCC[C@@]1(CO)CN(CC(=O)Nc2ccc(Cl)c(C)c2)CC[C@@H]1O. The Morgan fingerprint density at radius 1 is 1.50 bits per heavy atom. The molecule has 0 aliphatic carbocycles. The first-order chi connectivity index (χ1) is 11.4. The number of rotatable bonds is 6. The van der Waals surface area contributed by atoms with Crippen LogP contribution in [-0.4, -0.2) is 53.4 Å². The lowest BCUT2D eigenvalue weighted by Crippen LogP contribution is -2.55. The minimum absolute atomic E-state index is 0.0590. The molecule has 24 heavy (non-hydrogen) atoms. The zero-order chi connectivity index (χ0) is 17.7. The predicted octanol–water partition coefficient (Wildman–Crippen LogP) is 2.43. The third-order valence-corrected chi connectivity index (χ3v) is 5.26. The smallest absolute Gasteiger partial charge is 0.238 e. The van der Waals surface area contributed by atoms with Gasteiger partial charge in [-0.15, -0.1) is 0 Å². The number of hydrogen-bond acceptors (Lipinski definition) is 4. The van der Waals surface area contributed by atoms with Crippen molar-refractivity contribution in [3.8, 4) is 0 Å². The number of halogens is 1. The fourth-order valence-corrected chi connectivity index (χ4v) is 3.60. The highest BCUT2D eigenvalue weighted by Gasteiger charge is 2.41. The molecule has 3 N–H and O–H groups in total. The average molecular weight is 355 g/mol. The van der Waals surface area contributed by atoms with E-state index in [0.29, 0.717) is 24.5 Å². The van der Waals surface area contributed by atoms with Crippen LogP contribution in [-0.2, 0) is 4.79 Å². The number of piperidine rings is 1. The largest absolute Gasteiger partial charge is 0.396 e. The van der Waals surface area contributed by atoms with Crippen molar-refractivity contribution in [3.05, 3.63) is 28.8 Å². The molecule has 1 aromatic rings. The van der Waals surface area contributed by atoms with Gasteiger partial charge in [0.25, 0.3) is 0 Å². The molecule has 0 unspecified atom stereocenters. The first kappa shape index (κ1) is 19.2. The summed E-state index contributed by atoms with van der Waals surface area (Å²) >= 11 is 6.00. The molecule has 1 aliphatic heterocycles. The highest BCUT2D eigenvalue weighted by Crippen LogP contribution is 2.34. The van der Waals surface area contributed by atoms with Crippen LogP contribution in [0.2, 0.25) is 5.02 Å². The minimum Gasteiger partial charge on any atom is -0.396 e. The average Bonchev–Trinajstić information content (AvgIpc) is 2.54. The topological polar surface area (TPSA) is 72.8 Å². The van der Waals surface area contributed by atoms with Crippen LogP contribution in [0.25, 0.3) is 0 Å². The van der Waals surface area contributed by atoms with Gasteiger partial charge in [-0.2, -0.15) is 0 Å². The number of carbonyl (C=O) groups excluding carboxylic acids is 1. The molecule has 2 atom stereocenters. The van der Waals surface area contributed by atoms with Gasteiger partial charge in [0.15, 0.2) is 0 Å². The number of aliphatic hydroxyl groups excluding tert-OH is 2. The molecule has 1 amide bonds. The predicted molar refractivity (Wildman–Crippen MR) is 96.3 cm³/mol. The third-order valence-electron chi connectivity index (χ3n) is 4.84. The summed E-state index contributed by atoms with van der Waals surface area (Å²) in [7, 11) is 0. The summed E-state index contributed by atoms with van der Waals surface area (Å²) in [6, 6.07) is 5.39.